The van der Waals surface area contributed by atoms with Gasteiger partial charge in [-0.3, -0.25) is 14.9 Å². The molecule has 0 fully saturated rings. The van der Waals surface area contributed by atoms with Crippen molar-refractivity contribution in [2.75, 3.05) is 6.61 Å². The predicted molar refractivity (Wildman–Crippen MR) is 124 cm³/mol. The molecule has 5 rings (SSSR count). The van der Waals surface area contributed by atoms with Crippen molar-refractivity contribution < 1.29 is 14.6 Å². The number of pyridine rings is 1. The number of amides is 1. The van der Waals surface area contributed by atoms with Gasteiger partial charge in [0.15, 0.2) is 0 Å². The first-order chi connectivity index (χ1) is 16.2. The van der Waals surface area contributed by atoms with Crippen molar-refractivity contribution in [2.24, 2.45) is 0 Å². The fourth-order valence-corrected chi connectivity index (χ4v) is 4.20. The molecule has 1 aliphatic heterocycles. The van der Waals surface area contributed by atoms with Crippen molar-refractivity contribution in [1.82, 2.24) is 20.1 Å². The van der Waals surface area contributed by atoms with Crippen molar-refractivity contribution in [3.8, 4) is 22.8 Å². The number of nitrogens with one attached hydrogen (secondary N) is 1. The highest BCUT2D eigenvalue weighted by Gasteiger charge is 2.42. The highest BCUT2D eigenvalue weighted by Crippen LogP contribution is 2.45. The van der Waals surface area contributed by atoms with Crippen LogP contribution in [0.5, 0.6) is 11.5 Å². The average Bonchev–Trinajstić information content (AvgIpc) is 3.38. The molecular weight excluding hydrogens is 416 g/mol. The number of aromatic hydroxyl groups is 1. The first-order valence-corrected chi connectivity index (χ1v) is 10.6. The molecule has 7 heteroatoms. The molecule has 1 aliphatic rings. The Morgan fingerprint density at radius 1 is 1.15 bits per heavy atom. The van der Waals surface area contributed by atoms with E-state index >= 15 is 0 Å². The number of phenolic OH excluding ortho intramolecular Hbond substituents is 1. The van der Waals surface area contributed by atoms with Gasteiger partial charge in [0.05, 0.1) is 6.04 Å². The fourth-order valence-electron chi connectivity index (χ4n) is 4.20. The van der Waals surface area contributed by atoms with Crippen molar-refractivity contribution in [3.05, 3.63) is 108 Å². The highest BCUT2D eigenvalue weighted by molar-refractivity contribution is 6.00. The molecule has 0 radical (unpaired) electrons. The van der Waals surface area contributed by atoms with Gasteiger partial charge in [-0.15, -0.1) is 0 Å². The fraction of sp³-hybridized carbons (Fsp3) is 0.115. The summed E-state index contributed by atoms with van der Waals surface area (Å²) < 4.78 is 5.74. The second kappa shape index (κ2) is 8.63. The highest BCUT2D eigenvalue weighted by atomic mass is 16.5. The number of aromatic amines is 1. The number of carbonyl (C=O) groups is 1. The SMILES string of the molecule is C=CCOc1cccc(C2c3c(-c4ccccc4O)n[nH]c3C(=O)N2Cc2cccnc2)c1. The molecule has 0 saturated heterocycles. The summed E-state index contributed by atoms with van der Waals surface area (Å²) in [5.74, 6) is 0.624. The van der Waals surface area contributed by atoms with Crippen LogP contribution in [-0.4, -0.2) is 37.7 Å². The monoisotopic (exact) mass is 438 g/mol. The number of rotatable bonds is 7. The summed E-state index contributed by atoms with van der Waals surface area (Å²) in [6, 6.07) is 18.0. The second-order valence-electron chi connectivity index (χ2n) is 7.75. The molecule has 164 valence electrons. The van der Waals surface area contributed by atoms with Crippen molar-refractivity contribution >= 4 is 5.91 Å². The normalized spacial score (nSPS) is 14.8. The number of hydrogen-bond acceptors (Lipinski definition) is 5. The molecule has 1 amide bonds. The molecule has 33 heavy (non-hydrogen) atoms. The molecule has 2 aromatic heterocycles. The summed E-state index contributed by atoms with van der Waals surface area (Å²) >= 11 is 0. The molecule has 0 saturated carbocycles. The Balaban J connectivity index is 1.65. The zero-order valence-electron chi connectivity index (χ0n) is 17.8. The van der Waals surface area contributed by atoms with Crippen LogP contribution in [0.4, 0.5) is 0 Å². The van der Waals surface area contributed by atoms with E-state index in [0.29, 0.717) is 35.9 Å². The molecule has 2 N–H and O–H groups in total. The number of fused-ring (bicyclic) bond motifs is 1. The van der Waals surface area contributed by atoms with Gasteiger partial charge in [-0.2, -0.15) is 5.10 Å². The summed E-state index contributed by atoms with van der Waals surface area (Å²) in [5, 5.41) is 17.8. The van der Waals surface area contributed by atoms with E-state index in [1.807, 2.05) is 42.5 Å². The maximum atomic E-state index is 13.5. The van der Waals surface area contributed by atoms with Gasteiger partial charge < -0.3 is 14.7 Å². The lowest BCUT2D eigenvalue weighted by Crippen LogP contribution is -2.29. The molecule has 1 unspecified atom stereocenters. The molecule has 7 nitrogen and oxygen atoms in total. The number of para-hydroxylation sites is 1. The molecule has 0 spiro atoms. The Morgan fingerprint density at radius 2 is 2.03 bits per heavy atom. The van der Waals surface area contributed by atoms with Gasteiger partial charge in [-0.1, -0.05) is 43.0 Å². The summed E-state index contributed by atoms with van der Waals surface area (Å²) in [4.78, 5) is 19.5. The van der Waals surface area contributed by atoms with Crippen molar-refractivity contribution in [1.29, 1.82) is 0 Å². The molecular formula is C26H22N4O3. The smallest absolute Gasteiger partial charge is 0.273 e. The number of aromatic nitrogens is 3. The van der Waals surface area contributed by atoms with E-state index in [1.54, 1.807) is 41.6 Å². The number of carbonyl (C=O) groups excluding carboxylic acids is 1. The predicted octanol–water partition coefficient (Wildman–Crippen LogP) is 4.49. The van der Waals surface area contributed by atoms with Crippen LogP contribution in [-0.2, 0) is 6.54 Å². The summed E-state index contributed by atoms with van der Waals surface area (Å²) in [6.45, 7) is 4.46. The van der Waals surface area contributed by atoms with Gasteiger partial charge in [0.1, 0.15) is 29.5 Å². The standard InChI is InChI=1S/C26H22N4O3/c1-2-13-33-19-9-5-8-18(14-19)25-22-23(20-10-3-4-11-21(20)31)28-29-24(22)26(32)30(25)16-17-7-6-12-27-15-17/h2-12,14-15,25,31H,1,13,16H2,(H,28,29). The number of phenols is 1. The molecule has 4 aromatic rings. The first-order valence-electron chi connectivity index (χ1n) is 10.6. The Hall–Kier alpha value is -4.39. The third kappa shape index (κ3) is 3.74. The van der Waals surface area contributed by atoms with Crippen LogP contribution in [0.3, 0.4) is 0 Å². The molecule has 0 bridgehead atoms. The molecule has 0 aliphatic carbocycles. The number of H-pyrrole nitrogens is 1. The second-order valence-corrected chi connectivity index (χ2v) is 7.75. The van der Waals surface area contributed by atoms with Crippen molar-refractivity contribution in [3.63, 3.8) is 0 Å². The lowest BCUT2D eigenvalue weighted by atomic mass is 9.95. The van der Waals surface area contributed by atoms with Gasteiger partial charge in [0, 0.05) is 30.1 Å². The number of ether oxygens (including phenoxy) is 1. The van der Waals surface area contributed by atoms with E-state index in [2.05, 4.69) is 21.8 Å². The minimum Gasteiger partial charge on any atom is -0.507 e. The van der Waals surface area contributed by atoms with E-state index < -0.39 is 6.04 Å². The number of nitrogens with zero attached hydrogens (tertiary/aromatic N) is 3. The topological polar surface area (TPSA) is 91.3 Å². The van der Waals surface area contributed by atoms with Crippen molar-refractivity contribution in [2.45, 2.75) is 12.6 Å². The van der Waals surface area contributed by atoms with Crippen LogP contribution in [0.15, 0.2) is 85.7 Å². The largest absolute Gasteiger partial charge is 0.507 e. The summed E-state index contributed by atoms with van der Waals surface area (Å²) in [5.41, 5.74) is 4.05. The van der Waals surface area contributed by atoms with E-state index in [-0.39, 0.29) is 11.7 Å². The van der Waals surface area contributed by atoms with Gasteiger partial charge >= 0.3 is 0 Å². The molecule has 1 atom stereocenters. The summed E-state index contributed by atoms with van der Waals surface area (Å²) in [6.07, 6.45) is 5.14. The maximum absolute atomic E-state index is 13.5. The van der Waals surface area contributed by atoms with E-state index in [4.69, 9.17) is 4.74 Å². The van der Waals surface area contributed by atoms with Gasteiger partial charge in [0.2, 0.25) is 0 Å². The molecule has 2 aromatic carbocycles. The average molecular weight is 438 g/mol. The Morgan fingerprint density at radius 3 is 2.82 bits per heavy atom. The van der Waals surface area contributed by atoms with E-state index in [1.165, 1.54) is 0 Å². The third-order valence-corrected chi connectivity index (χ3v) is 5.64. The Bertz CT molecular complexity index is 1320. The Kier molecular flexibility index (Phi) is 5.36. The van der Waals surface area contributed by atoms with Gasteiger partial charge in [0.25, 0.3) is 5.91 Å². The zero-order valence-corrected chi connectivity index (χ0v) is 17.8. The van der Waals surface area contributed by atoms with Gasteiger partial charge in [-0.05, 0) is 41.5 Å². The van der Waals surface area contributed by atoms with Crippen LogP contribution in [0.1, 0.15) is 33.2 Å². The van der Waals surface area contributed by atoms with E-state index in [0.717, 1.165) is 16.7 Å². The lowest BCUT2D eigenvalue weighted by Gasteiger charge is -2.26. The number of hydrogen-bond donors (Lipinski definition) is 2. The number of benzene rings is 2. The maximum Gasteiger partial charge on any atom is 0.273 e. The first kappa shape index (κ1) is 20.5. The van der Waals surface area contributed by atoms with E-state index in [9.17, 15) is 9.90 Å². The van der Waals surface area contributed by atoms with Crippen LogP contribution in [0.2, 0.25) is 0 Å². The minimum atomic E-state index is -0.423. The van der Waals surface area contributed by atoms with Crippen LogP contribution in [0.25, 0.3) is 11.3 Å². The van der Waals surface area contributed by atoms with Crippen LogP contribution >= 0.6 is 0 Å². The Labute approximate surface area is 191 Å². The third-order valence-electron chi connectivity index (χ3n) is 5.64. The molecule has 3 heterocycles. The lowest BCUT2D eigenvalue weighted by molar-refractivity contribution is 0.0729. The van der Waals surface area contributed by atoms with Crippen LogP contribution in [0, 0.1) is 0 Å². The zero-order chi connectivity index (χ0) is 22.8. The minimum absolute atomic E-state index is 0.103. The van der Waals surface area contributed by atoms with Gasteiger partial charge in [-0.25, -0.2) is 0 Å². The quantitative estimate of drug-likeness (QED) is 0.415. The van der Waals surface area contributed by atoms with Crippen LogP contribution < -0.4 is 4.74 Å². The summed E-state index contributed by atoms with van der Waals surface area (Å²) in [7, 11) is 0.